The number of allylic oxidation sites excluding steroid dienone is 1. The molecule has 148 valence electrons. The van der Waals surface area contributed by atoms with Crippen molar-refractivity contribution in [2.24, 2.45) is 11.0 Å². The molecule has 0 aromatic heterocycles. The fraction of sp³-hybridized carbons (Fsp3) is 0.304. The first-order chi connectivity index (χ1) is 14.0. The van der Waals surface area contributed by atoms with Crippen LogP contribution in [0.25, 0.3) is 0 Å². The zero-order valence-electron chi connectivity index (χ0n) is 15.9. The number of aromatic carboxylic acids is 1. The standard InChI is InChI=1S/C23H22ClN3O2/c24-19-12-16(7-10-20(19)25)27-22(13-3-1-2-4-13)18-9-5-14-11-15(23(28)29)6-8-17(14)21(18)26-27/h3,6-8,10-12,18,22H,1-2,4-5,9,25H2,(H,28,29). The smallest absolute Gasteiger partial charge is 0.335 e. The minimum Gasteiger partial charge on any atom is -0.478 e. The molecule has 3 N–H and O–H groups in total. The highest BCUT2D eigenvalue weighted by molar-refractivity contribution is 6.33. The number of carboxylic acids is 1. The van der Waals surface area contributed by atoms with Crippen LogP contribution in [0, 0.1) is 5.92 Å². The van der Waals surface area contributed by atoms with Crippen molar-refractivity contribution in [3.05, 3.63) is 69.8 Å². The number of nitrogens with two attached hydrogens (primary N) is 1. The first-order valence-corrected chi connectivity index (χ1v) is 10.4. The van der Waals surface area contributed by atoms with E-state index in [9.17, 15) is 9.90 Å². The monoisotopic (exact) mass is 407 g/mol. The summed E-state index contributed by atoms with van der Waals surface area (Å²) in [6, 6.07) is 11.3. The topological polar surface area (TPSA) is 78.9 Å². The van der Waals surface area contributed by atoms with Crippen LogP contribution in [-0.2, 0) is 6.42 Å². The summed E-state index contributed by atoms with van der Waals surface area (Å²) in [5.41, 5.74) is 12.4. The minimum absolute atomic E-state index is 0.180. The molecule has 1 heterocycles. The van der Waals surface area contributed by atoms with Gasteiger partial charge in [-0.25, -0.2) is 4.79 Å². The Kier molecular flexibility index (Phi) is 4.36. The van der Waals surface area contributed by atoms with Gasteiger partial charge in [0.05, 0.1) is 33.7 Å². The van der Waals surface area contributed by atoms with Gasteiger partial charge in [0.25, 0.3) is 0 Å². The number of hydrazone groups is 1. The Morgan fingerprint density at radius 3 is 2.79 bits per heavy atom. The number of aryl methyl sites for hydroxylation is 1. The molecule has 2 aliphatic carbocycles. The fourth-order valence-electron chi connectivity index (χ4n) is 4.87. The van der Waals surface area contributed by atoms with E-state index in [0.717, 1.165) is 48.2 Å². The number of anilines is 2. The van der Waals surface area contributed by atoms with E-state index in [1.165, 1.54) is 12.0 Å². The Morgan fingerprint density at radius 2 is 2.07 bits per heavy atom. The largest absolute Gasteiger partial charge is 0.478 e. The van der Waals surface area contributed by atoms with Gasteiger partial charge in [0, 0.05) is 11.5 Å². The summed E-state index contributed by atoms with van der Waals surface area (Å²) in [5.74, 6) is -0.603. The van der Waals surface area contributed by atoms with Gasteiger partial charge in [0.2, 0.25) is 0 Å². The summed E-state index contributed by atoms with van der Waals surface area (Å²) in [6.45, 7) is 0. The van der Waals surface area contributed by atoms with E-state index in [4.69, 9.17) is 22.4 Å². The van der Waals surface area contributed by atoms with Gasteiger partial charge in [0.1, 0.15) is 0 Å². The van der Waals surface area contributed by atoms with E-state index in [2.05, 4.69) is 11.1 Å². The van der Waals surface area contributed by atoms with Gasteiger partial charge in [-0.2, -0.15) is 5.10 Å². The maximum Gasteiger partial charge on any atom is 0.335 e. The number of carbonyl (C=O) groups is 1. The van der Waals surface area contributed by atoms with Crippen LogP contribution in [0.4, 0.5) is 11.4 Å². The molecular formula is C23H22ClN3O2. The molecule has 3 aliphatic rings. The van der Waals surface area contributed by atoms with Crippen LogP contribution < -0.4 is 10.7 Å². The molecule has 1 aliphatic heterocycles. The maximum absolute atomic E-state index is 11.4. The molecular weight excluding hydrogens is 386 g/mol. The van der Waals surface area contributed by atoms with Gasteiger partial charge in [-0.05, 0) is 73.6 Å². The fourth-order valence-corrected chi connectivity index (χ4v) is 5.05. The van der Waals surface area contributed by atoms with Crippen molar-refractivity contribution >= 4 is 34.7 Å². The summed E-state index contributed by atoms with van der Waals surface area (Å²) in [5, 5.41) is 17.0. The average Bonchev–Trinajstić information content (AvgIpc) is 3.36. The molecule has 5 rings (SSSR count). The number of hydrogen-bond acceptors (Lipinski definition) is 4. The van der Waals surface area contributed by atoms with Crippen molar-refractivity contribution in [1.82, 2.24) is 0 Å². The van der Waals surface area contributed by atoms with Crippen LogP contribution in [0.15, 0.2) is 53.1 Å². The molecule has 0 fully saturated rings. The zero-order valence-corrected chi connectivity index (χ0v) is 16.7. The highest BCUT2D eigenvalue weighted by Gasteiger charge is 2.43. The molecule has 0 bridgehead atoms. The maximum atomic E-state index is 11.4. The van der Waals surface area contributed by atoms with E-state index >= 15 is 0 Å². The SMILES string of the molecule is Nc1ccc(N2N=C3c4ccc(C(=O)O)cc4CCC3C2C2=CCCC2)cc1Cl. The van der Waals surface area contributed by atoms with Crippen LogP contribution in [0.1, 0.15) is 47.2 Å². The van der Waals surface area contributed by atoms with Crippen molar-refractivity contribution in [2.45, 2.75) is 38.1 Å². The lowest BCUT2D eigenvalue weighted by Crippen LogP contribution is -2.37. The van der Waals surface area contributed by atoms with Crippen LogP contribution in [0.2, 0.25) is 5.02 Å². The van der Waals surface area contributed by atoms with Gasteiger partial charge >= 0.3 is 5.97 Å². The number of hydrogen-bond donors (Lipinski definition) is 2. The first kappa shape index (κ1) is 18.3. The molecule has 0 spiro atoms. The molecule has 2 atom stereocenters. The Bertz CT molecular complexity index is 1080. The summed E-state index contributed by atoms with van der Waals surface area (Å²) in [7, 11) is 0. The second-order valence-corrected chi connectivity index (χ2v) is 8.38. The van der Waals surface area contributed by atoms with Crippen molar-refractivity contribution in [3.63, 3.8) is 0 Å². The normalized spacial score (nSPS) is 22.7. The van der Waals surface area contributed by atoms with Crippen molar-refractivity contribution < 1.29 is 9.90 Å². The van der Waals surface area contributed by atoms with Crippen molar-refractivity contribution in [3.8, 4) is 0 Å². The van der Waals surface area contributed by atoms with E-state index in [0.29, 0.717) is 22.2 Å². The third-order valence-corrected chi connectivity index (χ3v) is 6.60. The van der Waals surface area contributed by atoms with Crippen molar-refractivity contribution in [1.29, 1.82) is 0 Å². The lowest BCUT2D eigenvalue weighted by Gasteiger charge is -2.31. The predicted molar refractivity (Wildman–Crippen MR) is 116 cm³/mol. The number of nitrogens with zero attached hydrogens (tertiary/aromatic N) is 2. The number of benzene rings is 2. The van der Waals surface area contributed by atoms with Crippen LogP contribution in [-0.4, -0.2) is 22.8 Å². The van der Waals surface area contributed by atoms with Gasteiger partial charge in [-0.1, -0.05) is 23.7 Å². The second-order valence-electron chi connectivity index (χ2n) is 7.97. The first-order valence-electron chi connectivity index (χ1n) is 10.0. The third kappa shape index (κ3) is 3.01. The quantitative estimate of drug-likeness (QED) is 0.561. The molecule has 5 nitrogen and oxygen atoms in total. The Balaban J connectivity index is 1.61. The lowest BCUT2D eigenvalue weighted by molar-refractivity contribution is 0.0696. The van der Waals surface area contributed by atoms with Gasteiger partial charge < -0.3 is 10.8 Å². The molecule has 0 saturated heterocycles. The van der Waals surface area contributed by atoms with E-state index in [1.54, 1.807) is 12.1 Å². The summed E-state index contributed by atoms with van der Waals surface area (Å²) in [6.07, 6.45) is 7.56. The molecule has 0 saturated carbocycles. The zero-order chi connectivity index (χ0) is 20.1. The number of fused-ring (bicyclic) bond motifs is 3. The number of nitrogen functional groups attached to an aromatic ring is 1. The molecule has 29 heavy (non-hydrogen) atoms. The minimum atomic E-state index is -0.893. The second kappa shape index (κ2) is 6.92. The predicted octanol–water partition coefficient (Wildman–Crippen LogP) is 4.89. The summed E-state index contributed by atoms with van der Waals surface area (Å²) < 4.78 is 0. The number of rotatable bonds is 3. The Morgan fingerprint density at radius 1 is 1.21 bits per heavy atom. The van der Waals surface area contributed by atoms with Crippen LogP contribution in [0.5, 0.6) is 0 Å². The highest BCUT2D eigenvalue weighted by Crippen LogP contribution is 2.43. The molecule has 0 radical (unpaired) electrons. The number of carboxylic acid groups (broad SMARTS) is 1. The van der Waals surface area contributed by atoms with Crippen molar-refractivity contribution in [2.75, 3.05) is 10.7 Å². The average molecular weight is 408 g/mol. The Labute approximate surface area is 174 Å². The van der Waals surface area contributed by atoms with Gasteiger partial charge in [0.15, 0.2) is 0 Å². The van der Waals surface area contributed by atoms with E-state index < -0.39 is 5.97 Å². The molecule has 2 aromatic rings. The van der Waals surface area contributed by atoms with Gasteiger partial charge in [-0.3, -0.25) is 5.01 Å². The van der Waals surface area contributed by atoms with E-state index in [1.807, 2.05) is 24.3 Å². The molecule has 2 aromatic carbocycles. The van der Waals surface area contributed by atoms with E-state index in [-0.39, 0.29) is 6.04 Å². The number of halogens is 1. The molecule has 2 unspecified atom stereocenters. The van der Waals surface area contributed by atoms with Crippen LogP contribution in [0.3, 0.4) is 0 Å². The lowest BCUT2D eigenvalue weighted by atomic mass is 9.76. The summed E-state index contributed by atoms with van der Waals surface area (Å²) >= 11 is 6.31. The van der Waals surface area contributed by atoms with Crippen LogP contribution >= 0.6 is 11.6 Å². The highest BCUT2D eigenvalue weighted by atomic mass is 35.5. The molecule has 6 heteroatoms. The Hall–Kier alpha value is -2.79. The molecule has 0 amide bonds. The van der Waals surface area contributed by atoms with Gasteiger partial charge in [-0.15, -0.1) is 0 Å². The summed E-state index contributed by atoms with van der Waals surface area (Å²) in [4.78, 5) is 11.4. The third-order valence-electron chi connectivity index (χ3n) is 6.27.